The number of carbonyl (C=O) groups excluding carboxylic acids is 2. The zero-order chi connectivity index (χ0) is 22.0. The van der Waals surface area contributed by atoms with E-state index in [1.165, 1.54) is 16.4 Å². The van der Waals surface area contributed by atoms with Crippen LogP contribution in [0.25, 0.3) is 0 Å². The van der Waals surface area contributed by atoms with E-state index in [0.717, 1.165) is 17.7 Å². The summed E-state index contributed by atoms with van der Waals surface area (Å²) in [6.07, 6.45) is 0.180. The summed E-state index contributed by atoms with van der Waals surface area (Å²) in [5.41, 5.74) is 1.02. The number of benzene rings is 2. The van der Waals surface area contributed by atoms with Crippen LogP contribution in [0.5, 0.6) is 0 Å². The van der Waals surface area contributed by atoms with Gasteiger partial charge in [-0.3, -0.25) is 9.59 Å². The molecule has 0 radical (unpaired) electrons. The molecule has 7 nitrogen and oxygen atoms in total. The van der Waals surface area contributed by atoms with Gasteiger partial charge in [0.2, 0.25) is 21.8 Å². The Morgan fingerprint density at radius 1 is 0.968 bits per heavy atom. The third-order valence-corrected chi connectivity index (χ3v) is 7.69. The number of hydrogen-bond acceptors (Lipinski definition) is 4. The van der Waals surface area contributed by atoms with Crippen LogP contribution in [-0.2, 0) is 26.2 Å². The van der Waals surface area contributed by atoms with Crippen molar-refractivity contribution in [3.05, 3.63) is 66.0 Å². The van der Waals surface area contributed by atoms with Crippen LogP contribution in [0.4, 0.5) is 4.39 Å². The molecular formula is C22H24FN3O4S. The number of halogens is 1. The first-order chi connectivity index (χ1) is 14.8. The maximum absolute atomic E-state index is 13.1. The lowest BCUT2D eigenvalue weighted by atomic mass is 10.1. The maximum Gasteiger partial charge on any atom is 0.243 e. The van der Waals surface area contributed by atoms with E-state index in [0.29, 0.717) is 13.1 Å². The lowest BCUT2D eigenvalue weighted by molar-refractivity contribution is -0.137. The second-order valence-electron chi connectivity index (χ2n) is 7.84. The van der Waals surface area contributed by atoms with Gasteiger partial charge in [0.1, 0.15) is 5.82 Å². The smallest absolute Gasteiger partial charge is 0.243 e. The van der Waals surface area contributed by atoms with Gasteiger partial charge in [-0.2, -0.15) is 4.31 Å². The van der Waals surface area contributed by atoms with Gasteiger partial charge < -0.3 is 9.80 Å². The van der Waals surface area contributed by atoms with E-state index in [4.69, 9.17) is 0 Å². The summed E-state index contributed by atoms with van der Waals surface area (Å²) in [6.45, 7) is 1.72. The molecule has 2 amide bonds. The van der Waals surface area contributed by atoms with Gasteiger partial charge in [-0.25, -0.2) is 12.8 Å². The summed E-state index contributed by atoms with van der Waals surface area (Å²) in [4.78, 5) is 28.7. The first kappa shape index (κ1) is 21.5. The summed E-state index contributed by atoms with van der Waals surface area (Å²) < 4.78 is 39.9. The van der Waals surface area contributed by atoms with Crippen LogP contribution in [0.3, 0.4) is 0 Å². The van der Waals surface area contributed by atoms with Gasteiger partial charge >= 0.3 is 0 Å². The second kappa shape index (κ2) is 8.76. The lowest BCUT2D eigenvalue weighted by Gasteiger charge is -2.35. The minimum absolute atomic E-state index is 0.0339. The number of rotatable bonds is 5. The monoisotopic (exact) mass is 445 g/mol. The molecule has 0 aliphatic carbocycles. The first-order valence-corrected chi connectivity index (χ1v) is 11.6. The molecule has 2 aliphatic rings. The molecule has 2 aromatic rings. The lowest BCUT2D eigenvalue weighted by Crippen LogP contribution is -2.52. The summed E-state index contributed by atoms with van der Waals surface area (Å²) in [7, 11) is -3.73. The van der Waals surface area contributed by atoms with Gasteiger partial charge in [0, 0.05) is 45.7 Å². The van der Waals surface area contributed by atoms with Crippen molar-refractivity contribution in [3.8, 4) is 0 Å². The van der Waals surface area contributed by atoms with Crippen LogP contribution in [-0.4, -0.2) is 67.1 Å². The molecule has 0 N–H and O–H groups in total. The van der Waals surface area contributed by atoms with Gasteiger partial charge in [0.15, 0.2) is 0 Å². The van der Waals surface area contributed by atoms with E-state index < -0.39 is 21.8 Å². The van der Waals surface area contributed by atoms with Gasteiger partial charge in [0.05, 0.1) is 10.8 Å². The molecule has 2 aromatic carbocycles. The van der Waals surface area contributed by atoms with Crippen LogP contribution in [0.1, 0.15) is 12.0 Å². The number of carbonyl (C=O) groups is 2. The SMILES string of the molecule is O=C1C[C@H](C(=O)N2CCN(S(=O)(=O)c3ccc(F)cc3)CC2)CN1Cc1ccccc1. The fourth-order valence-corrected chi connectivity index (χ4v) is 5.48. The normalized spacial score (nSPS) is 20.3. The Balaban J connectivity index is 1.34. The number of hydrogen-bond donors (Lipinski definition) is 0. The number of piperazine rings is 1. The Morgan fingerprint density at radius 2 is 1.61 bits per heavy atom. The number of amides is 2. The predicted molar refractivity (Wildman–Crippen MR) is 112 cm³/mol. The molecule has 2 saturated heterocycles. The Labute approximate surface area is 181 Å². The molecule has 0 spiro atoms. The maximum atomic E-state index is 13.1. The largest absolute Gasteiger partial charge is 0.340 e. The van der Waals surface area contributed by atoms with Gasteiger partial charge in [-0.15, -0.1) is 0 Å². The van der Waals surface area contributed by atoms with Crippen molar-refractivity contribution in [2.75, 3.05) is 32.7 Å². The predicted octanol–water partition coefficient (Wildman–Crippen LogP) is 1.71. The Bertz CT molecular complexity index is 1050. The highest BCUT2D eigenvalue weighted by Gasteiger charge is 2.38. The molecule has 31 heavy (non-hydrogen) atoms. The van der Waals surface area contributed by atoms with Crippen LogP contribution < -0.4 is 0 Å². The molecule has 164 valence electrons. The molecule has 2 fully saturated rings. The molecule has 1 atom stereocenters. The van der Waals surface area contributed by atoms with Crippen LogP contribution in [0.15, 0.2) is 59.5 Å². The summed E-state index contributed by atoms with van der Waals surface area (Å²) in [5.74, 6) is -1.05. The zero-order valence-electron chi connectivity index (χ0n) is 17.0. The van der Waals surface area contributed by atoms with Crippen molar-refractivity contribution in [1.82, 2.24) is 14.1 Å². The fourth-order valence-electron chi connectivity index (χ4n) is 4.06. The van der Waals surface area contributed by atoms with Crippen molar-refractivity contribution >= 4 is 21.8 Å². The quantitative estimate of drug-likeness (QED) is 0.702. The van der Waals surface area contributed by atoms with Gasteiger partial charge in [-0.05, 0) is 29.8 Å². The molecule has 2 heterocycles. The molecule has 9 heteroatoms. The molecule has 4 rings (SSSR count). The van der Waals surface area contributed by atoms with E-state index in [1.54, 1.807) is 9.80 Å². The van der Waals surface area contributed by atoms with E-state index in [1.807, 2.05) is 30.3 Å². The third-order valence-electron chi connectivity index (χ3n) is 5.78. The molecular weight excluding hydrogens is 421 g/mol. The highest BCUT2D eigenvalue weighted by Crippen LogP contribution is 2.24. The van der Waals surface area contributed by atoms with Crippen molar-refractivity contribution in [3.63, 3.8) is 0 Å². The summed E-state index contributed by atoms with van der Waals surface area (Å²) >= 11 is 0. The number of sulfonamides is 1. The highest BCUT2D eigenvalue weighted by atomic mass is 32.2. The van der Waals surface area contributed by atoms with E-state index >= 15 is 0 Å². The first-order valence-electron chi connectivity index (χ1n) is 10.2. The minimum atomic E-state index is -3.73. The molecule has 2 aliphatic heterocycles. The topological polar surface area (TPSA) is 78.0 Å². The van der Waals surface area contributed by atoms with Crippen molar-refractivity contribution < 1.29 is 22.4 Å². The van der Waals surface area contributed by atoms with Gasteiger partial charge in [-0.1, -0.05) is 30.3 Å². The van der Waals surface area contributed by atoms with E-state index in [9.17, 15) is 22.4 Å². The van der Waals surface area contributed by atoms with E-state index in [2.05, 4.69) is 0 Å². The second-order valence-corrected chi connectivity index (χ2v) is 9.78. The van der Waals surface area contributed by atoms with Crippen molar-refractivity contribution in [2.24, 2.45) is 5.92 Å². The minimum Gasteiger partial charge on any atom is -0.340 e. The summed E-state index contributed by atoms with van der Waals surface area (Å²) in [5, 5.41) is 0. The Kier molecular flexibility index (Phi) is 6.06. The Hall–Kier alpha value is -2.78. The van der Waals surface area contributed by atoms with Crippen LogP contribution in [0, 0.1) is 11.7 Å². The molecule has 0 aromatic heterocycles. The average molecular weight is 446 g/mol. The summed E-state index contributed by atoms with van der Waals surface area (Å²) in [6, 6.07) is 14.4. The van der Waals surface area contributed by atoms with Crippen molar-refractivity contribution in [1.29, 1.82) is 0 Å². The fraction of sp³-hybridized carbons (Fsp3) is 0.364. The third kappa shape index (κ3) is 4.62. The number of nitrogens with zero attached hydrogens (tertiary/aromatic N) is 3. The van der Waals surface area contributed by atoms with Crippen LogP contribution >= 0.6 is 0 Å². The molecule has 0 unspecified atom stereocenters. The highest BCUT2D eigenvalue weighted by molar-refractivity contribution is 7.89. The zero-order valence-corrected chi connectivity index (χ0v) is 17.8. The Morgan fingerprint density at radius 3 is 2.26 bits per heavy atom. The standard InChI is InChI=1S/C22H24FN3O4S/c23-19-6-8-20(9-7-19)31(29,30)26-12-10-24(11-13-26)22(28)18-14-21(27)25(16-18)15-17-4-2-1-3-5-17/h1-9,18H,10-16H2/t18-/m0/s1. The number of likely N-dealkylation sites (tertiary alicyclic amines) is 1. The van der Waals surface area contributed by atoms with Crippen LogP contribution in [0.2, 0.25) is 0 Å². The van der Waals surface area contributed by atoms with Gasteiger partial charge in [0.25, 0.3) is 0 Å². The van der Waals surface area contributed by atoms with E-state index in [-0.39, 0.29) is 49.3 Å². The average Bonchev–Trinajstić information content (AvgIpc) is 3.14. The molecule has 0 bridgehead atoms. The molecule has 0 saturated carbocycles. The van der Waals surface area contributed by atoms with Crippen molar-refractivity contribution in [2.45, 2.75) is 17.9 Å².